The highest BCUT2D eigenvalue weighted by atomic mass is 19.1. The highest BCUT2D eigenvalue weighted by Crippen LogP contribution is 2.25. The van der Waals surface area contributed by atoms with Crippen LogP contribution in [-0.4, -0.2) is 40.1 Å². The van der Waals surface area contributed by atoms with E-state index >= 15 is 0 Å². The number of anilines is 1. The van der Waals surface area contributed by atoms with Crippen LogP contribution in [0, 0.1) is 17.1 Å². The summed E-state index contributed by atoms with van der Waals surface area (Å²) < 4.78 is 15.8. The van der Waals surface area contributed by atoms with Gasteiger partial charge < -0.3 is 9.47 Å². The van der Waals surface area contributed by atoms with Crippen LogP contribution in [0.4, 0.5) is 10.1 Å². The summed E-state index contributed by atoms with van der Waals surface area (Å²) in [6.45, 7) is 5.35. The zero-order valence-electron chi connectivity index (χ0n) is 13.4. The van der Waals surface area contributed by atoms with Crippen LogP contribution in [0.25, 0.3) is 0 Å². The Morgan fingerprint density at radius 3 is 2.87 bits per heavy atom. The van der Waals surface area contributed by atoms with E-state index in [1.54, 1.807) is 6.07 Å². The summed E-state index contributed by atoms with van der Waals surface area (Å²) in [4.78, 5) is 8.84. The Labute approximate surface area is 135 Å². The Hall–Kier alpha value is -2.39. The molecule has 0 aliphatic carbocycles. The molecule has 23 heavy (non-hydrogen) atoms. The minimum atomic E-state index is -0.451. The molecular formula is C17H20FN5. The van der Waals surface area contributed by atoms with Crippen molar-refractivity contribution in [1.82, 2.24) is 14.5 Å². The third kappa shape index (κ3) is 3.06. The molecule has 1 fully saturated rings. The van der Waals surface area contributed by atoms with Gasteiger partial charge in [0, 0.05) is 45.1 Å². The predicted octanol–water partition coefficient (Wildman–Crippen LogP) is 2.14. The van der Waals surface area contributed by atoms with E-state index in [0.717, 1.165) is 32.0 Å². The summed E-state index contributed by atoms with van der Waals surface area (Å²) in [5.41, 5.74) is 0.827. The number of piperazine rings is 1. The summed E-state index contributed by atoms with van der Waals surface area (Å²) in [5.74, 6) is 0.585. The van der Waals surface area contributed by atoms with E-state index in [-0.39, 0.29) is 5.56 Å². The van der Waals surface area contributed by atoms with Gasteiger partial charge in [-0.2, -0.15) is 5.26 Å². The maximum atomic E-state index is 13.8. The molecule has 6 heteroatoms. The lowest BCUT2D eigenvalue weighted by atomic mass is 10.1. The number of benzene rings is 1. The minimum Gasteiger partial charge on any atom is -0.368 e. The van der Waals surface area contributed by atoms with Gasteiger partial charge in [-0.3, -0.25) is 4.90 Å². The number of aryl methyl sites for hydroxylation is 1. The minimum absolute atomic E-state index is 0.136. The molecule has 0 amide bonds. The lowest BCUT2D eigenvalue weighted by Gasteiger charge is -2.41. The quantitative estimate of drug-likeness (QED) is 0.871. The average molecular weight is 313 g/mol. The normalized spacial score (nSPS) is 18.9. The molecule has 5 nitrogen and oxygen atoms in total. The van der Waals surface area contributed by atoms with Crippen LogP contribution < -0.4 is 4.90 Å². The monoisotopic (exact) mass is 313 g/mol. The molecule has 0 bridgehead atoms. The first-order chi connectivity index (χ1) is 11.1. The summed E-state index contributed by atoms with van der Waals surface area (Å²) in [6, 6.07) is 7.11. The van der Waals surface area contributed by atoms with Crippen molar-refractivity contribution in [2.75, 3.05) is 24.5 Å². The zero-order valence-corrected chi connectivity index (χ0v) is 13.4. The first-order valence-electron chi connectivity index (χ1n) is 7.74. The molecule has 0 spiro atoms. The Kier molecular flexibility index (Phi) is 4.30. The van der Waals surface area contributed by atoms with Crippen LogP contribution in [0.3, 0.4) is 0 Å². The fraction of sp³-hybridized carbons (Fsp3) is 0.412. The zero-order chi connectivity index (χ0) is 16.4. The highest BCUT2D eigenvalue weighted by molar-refractivity contribution is 5.60. The number of aromatic nitrogens is 2. The molecule has 120 valence electrons. The van der Waals surface area contributed by atoms with Gasteiger partial charge in [0.2, 0.25) is 0 Å². The number of nitrogens with zero attached hydrogens (tertiary/aromatic N) is 5. The van der Waals surface area contributed by atoms with E-state index < -0.39 is 5.82 Å². The summed E-state index contributed by atoms with van der Waals surface area (Å²) >= 11 is 0. The van der Waals surface area contributed by atoms with Crippen LogP contribution in [0.15, 0.2) is 30.6 Å². The predicted molar refractivity (Wildman–Crippen MR) is 86.4 cm³/mol. The summed E-state index contributed by atoms with van der Waals surface area (Å²) in [6.07, 6.45) is 3.75. The maximum Gasteiger partial charge on any atom is 0.143 e. The molecule has 0 radical (unpaired) electrons. The van der Waals surface area contributed by atoms with Crippen molar-refractivity contribution in [3.05, 3.63) is 47.8 Å². The molecule has 0 N–H and O–H groups in total. The Morgan fingerprint density at radius 1 is 1.39 bits per heavy atom. The first kappa shape index (κ1) is 15.5. The maximum absolute atomic E-state index is 13.8. The van der Waals surface area contributed by atoms with E-state index in [1.165, 1.54) is 6.07 Å². The van der Waals surface area contributed by atoms with Crippen molar-refractivity contribution >= 4 is 5.69 Å². The molecule has 1 aliphatic rings. The smallest absolute Gasteiger partial charge is 0.143 e. The third-order valence-corrected chi connectivity index (χ3v) is 4.47. The van der Waals surface area contributed by atoms with Crippen molar-refractivity contribution in [3.63, 3.8) is 0 Å². The number of hydrogen-bond donors (Lipinski definition) is 0. The first-order valence-corrected chi connectivity index (χ1v) is 7.74. The molecule has 2 aromatic rings. The average Bonchev–Trinajstić information content (AvgIpc) is 2.94. The van der Waals surface area contributed by atoms with Crippen LogP contribution in [0.2, 0.25) is 0 Å². The molecule has 3 rings (SSSR count). The molecular weight excluding hydrogens is 293 g/mol. The molecule has 1 aliphatic heterocycles. The van der Waals surface area contributed by atoms with E-state index in [1.807, 2.05) is 36.1 Å². The Morgan fingerprint density at radius 2 is 2.22 bits per heavy atom. The van der Waals surface area contributed by atoms with Crippen LogP contribution in [0.1, 0.15) is 18.3 Å². The standard InChI is InChI=1S/C17H20FN5/c1-13-11-23(16-5-3-4-15(18)14(16)10-19)9-8-22(13)12-17-20-6-7-21(17)2/h3-7,13H,8-9,11-12H2,1-2H3. The van der Waals surface area contributed by atoms with Gasteiger partial charge in [-0.15, -0.1) is 0 Å². The highest BCUT2D eigenvalue weighted by Gasteiger charge is 2.26. The van der Waals surface area contributed by atoms with Crippen LogP contribution in [0.5, 0.6) is 0 Å². The van der Waals surface area contributed by atoms with Gasteiger partial charge in [0.05, 0.1) is 12.2 Å². The van der Waals surface area contributed by atoms with E-state index in [4.69, 9.17) is 0 Å². The van der Waals surface area contributed by atoms with Crippen molar-refractivity contribution < 1.29 is 4.39 Å². The van der Waals surface area contributed by atoms with Crippen molar-refractivity contribution in [3.8, 4) is 6.07 Å². The molecule has 2 heterocycles. The molecule has 0 saturated carbocycles. The van der Waals surface area contributed by atoms with Gasteiger partial charge in [-0.1, -0.05) is 6.07 Å². The topological polar surface area (TPSA) is 48.1 Å². The van der Waals surface area contributed by atoms with Gasteiger partial charge in [0.15, 0.2) is 0 Å². The lowest BCUT2D eigenvalue weighted by molar-refractivity contribution is 0.175. The molecule has 1 aromatic carbocycles. The number of nitriles is 1. The number of rotatable bonds is 3. The van der Waals surface area contributed by atoms with Crippen molar-refractivity contribution in [1.29, 1.82) is 5.26 Å². The van der Waals surface area contributed by atoms with Gasteiger partial charge in [-0.25, -0.2) is 9.37 Å². The second kappa shape index (κ2) is 6.39. The molecule has 1 atom stereocenters. The number of imidazole rings is 1. The SMILES string of the molecule is CC1CN(c2cccc(F)c2C#N)CCN1Cc1nccn1C. The van der Waals surface area contributed by atoms with E-state index in [0.29, 0.717) is 11.7 Å². The number of hydrogen-bond acceptors (Lipinski definition) is 4. The molecule has 1 saturated heterocycles. The summed E-state index contributed by atoms with van der Waals surface area (Å²) in [7, 11) is 2.00. The van der Waals surface area contributed by atoms with Crippen molar-refractivity contribution in [2.45, 2.75) is 19.5 Å². The van der Waals surface area contributed by atoms with Gasteiger partial charge >= 0.3 is 0 Å². The van der Waals surface area contributed by atoms with Crippen molar-refractivity contribution in [2.24, 2.45) is 7.05 Å². The van der Waals surface area contributed by atoms with Gasteiger partial charge in [0.25, 0.3) is 0 Å². The van der Waals surface area contributed by atoms with Crippen LogP contribution >= 0.6 is 0 Å². The number of halogens is 1. The van der Waals surface area contributed by atoms with E-state index in [9.17, 15) is 9.65 Å². The second-order valence-electron chi connectivity index (χ2n) is 5.97. The second-order valence-corrected chi connectivity index (χ2v) is 5.97. The third-order valence-electron chi connectivity index (χ3n) is 4.47. The molecule has 1 aromatic heterocycles. The Bertz CT molecular complexity index is 733. The van der Waals surface area contributed by atoms with Gasteiger partial charge in [-0.05, 0) is 19.1 Å². The van der Waals surface area contributed by atoms with E-state index in [2.05, 4.69) is 21.7 Å². The van der Waals surface area contributed by atoms with Crippen LogP contribution in [-0.2, 0) is 13.6 Å². The summed E-state index contributed by atoms with van der Waals surface area (Å²) in [5, 5.41) is 9.21. The van der Waals surface area contributed by atoms with Gasteiger partial charge in [0.1, 0.15) is 23.3 Å². The largest absolute Gasteiger partial charge is 0.368 e. The Balaban J connectivity index is 1.73. The fourth-order valence-electron chi connectivity index (χ4n) is 3.07. The fourth-order valence-corrected chi connectivity index (χ4v) is 3.07. The molecule has 1 unspecified atom stereocenters. The lowest BCUT2D eigenvalue weighted by Crippen LogP contribution is -2.51.